The van der Waals surface area contributed by atoms with E-state index >= 15 is 0 Å². The maximum Gasteiger partial charge on any atom is 0.309 e. The van der Waals surface area contributed by atoms with Crippen molar-refractivity contribution in [2.24, 2.45) is 5.41 Å². The molecule has 1 aromatic rings. The first-order valence-corrected chi connectivity index (χ1v) is 6.84. The topological polar surface area (TPSA) is 66.8 Å². The maximum absolute atomic E-state index is 11.2. The first-order valence-electron chi connectivity index (χ1n) is 6.05. The van der Waals surface area contributed by atoms with Crippen molar-refractivity contribution in [3.8, 4) is 11.5 Å². The van der Waals surface area contributed by atoms with E-state index in [2.05, 4.69) is 15.9 Å². The Kier molecular flexibility index (Phi) is 4.85. The number of aryl methyl sites for hydroxylation is 1. The molecule has 106 valence electrons. The molecule has 0 atom stereocenters. The summed E-state index contributed by atoms with van der Waals surface area (Å²) in [6.45, 7) is 5.25. The molecule has 0 amide bonds. The number of carboxylic acids is 1. The van der Waals surface area contributed by atoms with Gasteiger partial charge < -0.3 is 14.9 Å². The van der Waals surface area contributed by atoms with Crippen LogP contribution in [0.3, 0.4) is 0 Å². The van der Waals surface area contributed by atoms with Crippen LogP contribution in [0.25, 0.3) is 0 Å². The minimum Gasteiger partial charge on any atom is -0.504 e. The minimum atomic E-state index is -0.961. The van der Waals surface area contributed by atoms with Gasteiger partial charge in [-0.1, -0.05) is 22.9 Å². The van der Waals surface area contributed by atoms with Crippen LogP contribution in [0.15, 0.2) is 10.5 Å². The van der Waals surface area contributed by atoms with E-state index in [-0.39, 0.29) is 12.2 Å². The molecule has 0 heterocycles. The molecular weight excluding hydrogens is 312 g/mol. The summed E-state index contributed by atoms with van der Waals surface area (Å²) in [5.41, 5.74) is 0.589. The van der Waals surface area contributed by atoms with Gasteiger partial charge in [0.15, 0.2) is 11.5 Å². The van der Waals surface area contributed by atoms with Gasteiger partial charge in [-0.25, -0.2) is 0 Å². The quantitative estimate of drug-likeness (QED) is 0.868. The summed E-state index contributed by atoms with van der Waals surface area (Å²) in [6, 6.07) is 1.76. The number of hydrogen-bond acceptors (Lipinski definition) is 3. The monoisotopic (exact) mass is 330 g/mol. The van der Waals surface area contributed by atoms with Crippen LogP contribution < -0.4 is 4.74 Å². The fourth-order valence-corrected chi connectivity index (χ4v) is 2.55. The Bertz CT molecular complexity index is 466. The smallest absolute Gasteiger partial charge is 0.309 e. The molecule has 2 N–H and O–H groups in total. The molecule has 0 saturated heterocycles. The van der Waals surface area contributed by atoms with Gasteiger partial charge in [-0.05, 0) is 38.3 Å². The van der Waals surface area contributed by atoms with Crippen LogP contribution in [0.4, 0.5) is 0 Å². The number of phenolic OH excluding ortho intramolecular Hbond substituents is 1. The van der Waals surface area contributed by atoms with Crippen molar-refractivity contribution in [1.29, 1.82) is 0 Å². The molecule has 0 spiro atoms. The number of halogens is 1. The van der Waals surface area contributed by atoms with E-state index in [0.29, 0.717) is 11.3 Å². The van der Waals surface area contributed by atoms with E-state index < -0.39 is 11.4 Å². The van der Waals surface area contributed by atoms with Crippen LogP contribution >= 0.6 is 15.9 Å². The Balaban J connectivity index is 3.37. The lowest BCUT2D eigenvalue weighted by molar-refractivity contribution is -0.146. The average molecular weight is 331 g/mol. The Morgan fingerprint density at radius 3 is 2.47 bits per heavy atom. The SMILES string of the molecule is CCc1cc(OC)c(O)c(CC(C)(C)C(=O)O)c1Br. The lowest BCUT2D eigenvalue weighted by Gasteiger charge is -2.22. The molecule has 0 aliphatic carbocycles. The predicted octanol–water partition coefficient (Wildman–Crippen LogP) is 3.38. The number of benzene rings is 1. The molecule has 0 aliphatic rings. The number of carboxylic acid groups (broad SMARTS) is 1. The Morgan fingerprint density at radius 2 is 2.05 bits per heavy atom. The van der Waals surface area contributed by atoms with Crippen LogP contribution in [0.5, 0.6) is 11.5 Å². The number of hydrogen-bond donors (Lipinski definition) is 2. The number of aromatic hydroxyl groups is 1. The van der Waals surface area contributed by atoms with Gasteiger partial charge in [0.05, 0.1) is 12.5 Å². The van der Waals surface area contributed by atoms with E-state index in [1.807, 2.05) is 6.92 Å². The lowest BCUT2D eigenvalue weighted by Crippen LogP contribution is -2.26. The second-order valence-electron chi connectivity index (χ2n) is 5.10. The molecule has 1 rings (SSSR count). The molecule has 0 fully saturated rings. The van der Waals surface area contributed by atoms with Crippen molar-refractivity contribution < 1.29 is 19.7 Å². The van der Waals surface area contributed by atoms with E-state index in [1.165, 1.54) is 7.11 Å². The minimum absolute atomic E-state index is 0.000833. The maximum atomic E-state index is 11.2. The van der Waals surface area contributed by atoms with Crippen molar-refractivity contribution in [3.05, 3.63) is 21.7 Å². The third-order valence-electron chi connectivity index (χ3n) is 3.17. The highest BCUT2D eigenvalue weighted by molar-refractivity contribution is 9.10. The van der Waals surface area contributed by atoms with Gasteiger partial charge in [-0.15, -0.1) is 0 Å². The third kappa shape index (κ3) is 3.21. The summed E-state index contributed by atoms with van der Waals surface area (Å²) in [7, 11) is 1.48. The molecule has 1 aromatic carbocycles. The average Bonchev–Trinajstić information content (AvgIpc) is 2.34. The van der Waals surface area contributed by atoms with Gasteiger partial charge in [0, 0.05) is 10.0 Å². The molecule has 0 radical (unpaired) electrons. The van der Waals surface area contributed by atoms with Crippen molar-refractivity contribution in [2.75, 3.05) is 7.11 Å². The van der Waals surface area contributed by atoms with Crippen LogP contribution in [0.1, 0.15) is 31.9 Å². The van der Waals surface area contributed by atoms with Crippen LogP contribution in [-0.4, -0.2) is 23.3 Å². The van der Waals surface area contributed by atoms with Crippen LogP contribution in [-0.2, 0) is 17.6 Å². The molecule has 4 nitrogen and oxygen atoms in total. The fourth-order valence-electron chi connectivity index (χ4n) is 1.83. The highest BCUT2D eigenvalue weighted by Crippen LogP contribution is 2.41. The van der Waals surface area contributed by atoms with Crippen molar-refractivity contribution in [1.82, 2.24) is 0 Å². The standard InChI is InChI=1S/C14H19BrO4/c1-5-8-6-10(19-4)12(16)9(11(8)15)7-14(2,3)13(17)18/h6,16H,5,7H2,1-4H3,(H,17,18). The summed E-state index contributed by atoms with van der Waals surface area (Å²) in [5, 5.41) is 19.4. The van der Waals surface area contributed by atoms with Crippen molar-refractivity contribution in [3.63, 3.8) is 0 Å². The first-order chi connectivity index (χ1) is 8.74. The van der Waals surface area contributed by atoms with E-state index in [4.69, 9.17) is 4.74 Å². The zero-order valence-electron chi connectivity index (χ0n) is 11.6. The van der Waals surface area contributed by atoms with Crippen molar-refractivity contribution >= 4 is 21.9 Å². The van der Waals surface area contributed by atoms with Crippen molar-refractivity contribution in [2.45, 2.75) is 33.6 Å². The number of rotatable bonds is 5. The summed E-state index contributed by atoms with van der Waals surface area (Å²) < 4.78 is 5.89. The zero-order valence-corrected chi connectivity index (χ0v) is 13.2. The number of methoxy groups -OCH3 is 1. The Labute approximate surface area is 121 Å². The third-order valence-corrected chi connectivity index (χ3v) is 4.16. The van der Waals surface area contributed by atoms with Gasteiger partial charge >= 0.3 is 5.97 Å². The molecule has 19 heavy (non-hydrogen) atoms. The van der Waals surface area contributed by atoms with Crippen LogP contribution in [0, 0.1) is 5.41 Å². The second kappa shape index (κ2) is 5.82. The van der Waals surface area contributed by atoms with Gasteiger partial charge in [0.2, 0.25) is 0 Å². The van der Waals surface area contributed by atoms with Gasteiger partial charge in [-0.3, -0.25) is 4.79 Å². The van der Waals surface area contributed by atoms with Gasteiger partial charge in [-0.2, -0.15) is 0 Å². The van der Waals surface area contributed by atoms with E-state index in [9.17, 15) is 15.0 Å². The molecular formula is C14H19BrO4. The number of aliphatic carboxylic acids is 1. The van der Waals surface area contributed by atoms with Gasteiger partial charge in [0.25, 0.3) is 0 Å². The molecule has 0 aromatic heterocycles. The molecule has 5 heteroatoms. The number of phenols is 1. The number of carbonyl (C=O) groups is 1. The molecule has 0 unspecified atom stereocenters. The highest BCUT2D eigenvalue weighted by Gasteiger charge is 2.31. The fraction of sp³-hybridized carbons (Fsp3) is 0.500. The first kappa shape index (κ1) is 15.8. The molecule has 0 aliphatic heterocycles. The summed E-state index contributed by atoms with van der Waals surface area (Å²) >= 11 is 3.45. The zero-order chi connectivity index (χ0) is 14.8. The largest absolute Gasteiger partial charge is 0.504 e. The van der Waals surface area contributed by atoms with E-state index in [1.54, 1.807) is 19.9 Å². The summed E-state index contributed by atoms with van der Waals surface area (Å²) in [4.78, 5) is 11.2. The Morgan fingerprint density at radius 1 is 1.47 bits per heavy atom. The Hall–Kier alpha value is -1.23. The van der Waals surface area contributed by atoms with Crippen LogP contribution in [0.2, 0.25) is 0 Å². The highest BCUT2D eigenvalue weighted by atomic mass is 79.9. The molecule has 0 saturated carbocycles. The predicted molar refractivity (Wildman–Crippen MR) is 76.9 cm³/mol. The number of ether oxygens (including phenoxy) is 1. The summed E-state index contributed by atoms with van der Waals surface area (Å²) in [6.07, 6.45) is 0.983. The normalized spacial score (nSPS) is 11.4. The lowest BCUT2D eigenvalue weighted by atomic mass is 9.85. The second-order valence-corrected chi connectivity index (χ2v) is 5.89. The molecule has 0 bridgehead atoms. The van der Waals surface area contributed by atoms with E-state index in [0.717, 1.165) is 16.5 Å². The summed E-state index contributed by atoms with van der Waals surface area (Å²) in [5.74, 6) is -0.531. The van der Waals surface area contributed by atoms with Gasteiger partial charge in [0.1, 0.15) is 0 Å².